The highest BCUT2D eigenvalue weighted by molar-refractivity contribution is 7.98. The number of aromatic nitrogens is 1. The van der Waals surface area contributed by atoms with Crippen molar-refractivity contribution in [3.8, 4) is 0 Å². The first kappa shape index (κ1) is 33.6. The molecule has 4 amide bonds. The number of rotatable bonds is 19. The number of hydrogen-bond acceptors (Lipinski definition) is 8. The van der Waals surface area contributed by atoms with Crippen LogP contribution >= 0.6 is 11.8 Å². The van der Waals surface area contributed by atoms with Crippen LogP contribution < -0.4 is 33.2 Å². The zero-order valence-corrected chi connectivity index (χ0v) is 24.0. The van der Waals surface area contributed by atoms with Crippen molar-refractivity contribution in [1.29, 1.82) is 0 Å². The molecule has 0 bridgehead atoms. The zero-order chi connectivity index (χ0) is 30.4. The number of benzene rings is 1. The molecule has 0 saturated carbocycles. The number of para-hydroxylation sites is 1. The molecule has 0 aliphatic rings. The Morgan fingerprint density at radius 3 is 2.20 bits per heavy atom. The summed E-state index contributed by atoms with van der Waals surface area (Å²) < 4.78 is 0. The number of unbranched alkanes of at least 4 members (excludes halogenated alkanes) is 1. The van der Waals surface area contributed by atoms with E-state index < -0.39 is 53.8 Å². The van der Waals surface area contributed by atoms with Crippen LogP contribution in [0.2, 0.25) is 0 Å². The Balaban J connectivity index is 2.15. The zero-order valence-electron chi connectivity index (χ0n) is 23.2. The summed E-state index contributed by atoms with van der Waals surface area (Å²) in [5.74, 6) is -3.19. The summed E-state index contributed by atoms with van der Waals surface area (Å²) in [5.41, 5.74) is 18.1. The van der Waals surface area contributed by atoms with E-state index in [4.69, 9.17) is 17.2 Å². The summed E-state index contributed by atoms with van der Waals surface area (Å²) in [7, 11) is 0. The second kappa shape index (κ2) is 17.3. The molecule has 0 aliphatic heterocycles. The van der Waals surface area contributed by atoms with Gasteiger partial charge in [-0.3, -0.25) is 19.2 Å². The maximum absolute atomic E-state index is 13.3. The number of nitrogens with one attached hydrogen (secondary N) is 4. The molecule has 14 heteroatoms. The summed E-state index contributed by atoms with van der Waals surface area (Å²) in [6.45, 7) is 0.395. The lowest BCUT2D eigenvalue weighted by Gasteiger charge is -2.25. The van der Waals surface area contributed by atoms with E-state index in [-0.39, 0.29) is 32.1 Å². The molecule has 0 spiro atoms. The standard InChI is InChI=1S/C27H41N7O6S/c1-41-13-11-21(26(38)34-22(27(39)40)14-16-15-31-19-7-3-2-6-17(16)19)33-25(37)20(8-4-5-12-28)32-24(36)18(29)9-10-23(30)35/h2-3,6-7,15,18,20-22,31H,4-5,8-14,28-29H2,1H3,(H2,30,35)(H,32,36)(H,33,37)(H,34,38)(H,39,40). The van der Waals surface area contributed by atoms with Crippen molar-refractivity contribution in [3.05, 3.63) is 36.0 Å². The van der Waals surface area contributed by atoms with Crippen molar-refractivity contribution >= 4 is 52.3 Å². The highest BCUT2D eigenvalue weighted by Gasteiger charge is 2.30. The first-order chi connectivity index (χ1) is 19.6. The number of nitrogens with two attached hydrogens (primary N) is 3. The topological polar surface area (TPSA) is 236 Å². The fourth-order valence-electron chi connectivity index (χ4n) is 4.24. The van der Waals surface area contributed by atoms with Crippen LogP contribution in [0.1, 0.15) is 44.1 Å². The minimum absolute atomic E-state index is 0.0179. The average molecular weight is 592 g/mol. The second-order valence-corrected chi connectivity index (χ2v) is 10.7. The van der Waals surface area contributed by atoms with Crippen LogP contribution in [0.25, 0.3) is 10.9 Å². The minimum Gasteiger partial charge on any atom is -0.480 e. The van der Waals surface area contributed by atoms with Gasteiger partial charge in [-0.25, -0.2) is 4.79 Å². The van der Waals surface area contributed by atoms with E-state index in [1.165, 1.54) is 11.8 Å². The highest BCUT2D eigenvalue weighted by Crippen LogP contribution is 2.19. The van der Waals surface area contributed by atoms with Crippen molar-refractivity contribution in [2.45, 2.75) is 69.1 Å². The van der Waals surface area contributed by atoms with Gasteiger partial charge in [-0.15, -0.1) is 0 Å². The molecular formula is C27H41N7O6S. The fourth-order valence-corrected chi connectivity index (χ4v) is 4.71. The maximum atomic E-state index is 13.3. The molecule has 4 unspecified atom stereocenters. The van der Waals surface area contributed by atoms with Gasteiger partial charge in [0.2, 0.25) is 23.6 Å². The van der Waals surface area contributed by atoms with Gasteiger partial charge in [0.05, 0.1) is 6.04 Å². The number of primary amides is 1. The SMILES string of the molecule is CSCCC(NC(=O)C(CCCCN)NC(=O)C(N)CCC(N)=O)C(=O)NC(Cc1c[nH]c2ccccc12)C(=O)O. The Labute approximate surface area is 243 Å². The van der Waals surface area contributed by atoms with E-state index in [9.17, 15) is 29.1 Å². The van der Waals surface area contributed by atoms with E-state index in [0.29, 0.717) is 25.1 Å². The van der Waals surface area contributed by atoms with Gasteiger partial charge in [-0.05, 0) is 62.3 Å². The van der Waals surface area contributed by atoms with E-state index >= 15 is 0 Å². The van der Waals surface area contributed by atoms with E-state index in [1.807, 2.05) is 30.5 Å². The first-order valence-electron chi connectivity index (χ1n) is 13.5. The summed E-state index contributed by atoms with van der Waals surface area (Å²) in [6, 6.07) is 3.09. The molecule has 2 rings (SSSR count). The Morgan fingerprint density at radius 1 is 0.927 bits per heavy atom. The lowest BCUT2D eigenvalue weighted by Crippen LogP contribution is -2.57. The number of fused-ring (bicyclic) bond motifs is 1. The smallest absolute Gasteiger partial charge is 0.326 e. The number of aliphatic carboxylic acids is 1. The molecule has 1 aromatic carbocycles. The van der Waals surface area contributed by atoms with Gasteiger partial charge < -0.3 is 43.2 Å². The Hall–Kier alpha value is -3.62. The third kappa shape index (κ3) is 11.1. The summed E-state index contributed by atoms with van der Waals surface area (Å²) in [6.07, 6.45) is 5.14. The number of amides is 4. The Kier molecular flexibility index (Phi) is 14.1. The molecule has 1 heterocycles. The fraction of sp³-hybridized carbons (Fsp3) is 0.519. The predicted molar refractivity (Wildman–Crippen MR) is 158 cm³/mol. The van der Waals surface area contributed by atoms with Gasteiger partial charge in [0, 0.05) is 29.9 Å². The van der Waals surface area contributed by atoms with Crippen LogP contribution in [0.3, 0.4) is 0 Å². The molecule has 4 atom stereocenters. The van der Waals surface area contributed by atoms with E-state index in [2.05, 4.69) is 20.9 Å². The van der Waals surface area contributed by atoms with Gasteiger partial charge in [-0.2, -0.15) is 11.8 Å². The number of H-pyrrole nitrogens is 1. The third-order valence-corrected chi connectivity index (χ3v) is 7.22. The van der Waals surface area contributed by atoms with E-state index in [1.54, 1.807) is 6.20 Å². The van der Waals surface area contributed by atoms with Crippen LogP contribution in [0.5, 0.6) is 0 Å². The maximum Gasteiger partial charge on any atom is 0.326 e. The normalized spacial score (nSPS) is 14.0. The van der Waals surface area contributed by atoms with Gasteiger partial charge in [0.15, 0.2) is 0 Å². The van der Waals surface area contributed by atoms with Crippen LogP contribution in [0, 0.1) is 0 Å². The van der Waals surface area contributed by atoms with Gasteiger partial charge in [-0.1, -0.05) is 18.2 Å². The molecule has 13 nitrogen and oxygen atoms in total. The van der Waals surface area contributed by atoms with Gasteiger partial charge in [0.1, 0.15) is 18.1 Å². The van der Waals surface area contributed by atoms with Crippen LogP contribution in [0.15, 0.2) is 30.5 Å². The Bertz CT molecular complexity index is 1190. The van der Waals surface area contributed by atoms with Crippen molar-refractivity contribution in [2.75, 3.05) is 18.6 Å². The molecule has 11 N–H and O–H groups in total. The minimum atomic E-state index is -1.24. The number of hydrogen-bond donors (Lipinski definition) is 8. The molecular weight excluding hydrogens is 550 g/mol. The van der Waals surface area contributed by atoms with Crippen LogP contribution in [0.4, 0.5) is 0 Å². The van der Waals surface area contributed by atoms with Gasteiger partial charge >= 0.3 is 5.97 Å². The lowest BCUT2D eigenvalue weighted by atomic mass is 10.0. The molecule has 0 aliphatic carbocycles. The van der Waals surface area contributed by atoms with Crippen molar-refractivity contribution in [3.63, 3.8) is 0 Å². The van der Waals surface area contributed by atoms with Crippen molar-refractivity contribution < 1.29 is 29.1 Å². The second-order valence-electron chi connectivity index (χ2n) is 9.76. The highest BCUT2D eigenvalue weighted by atomic mass is 32.2. The van der Waals surface area contributed by atoms with Gasteiger partial charge in [0.25, 0.3) is 0 Å². The third-order valence-electron chi connectivity index (χ3n) is 6.58. The van der Waals surface area contributed by atoms with Crippen molar-refractivity contribution in [1.82, 2.24) is 20.9 Å². The number of carboxylic acids is 1. The molecule has 226 valence electrons. The van der Waals surface area contributed by atoms with Crippen molar-refractivity contribution in [2.24, 2.45) is 17.2 Å². The van der Waals surface area contributed by atoms with E-state index in [0.717, 1.165) is 16.5 Å². The molecule has 1 aromatic heterocycles. The average Bonchev–Trinajstić information content (AvgIpc) is 3.35. The molecule has 41 heavy (non-hydrogen) atoms. The lowest BCUT2D eigenvalue weighted by molar-refractivity contribution is -0.142. The number of thioether (sulfide) groups is 1. The monoisotopic (exact) mass is 591 g/mol. The largest absolute Gasteiger partial charge is 0.480 e. The predicted octanol–water partition coefficient (Wildman–Crippen LogP) is -0.276. The molecule has 2 aromatic rings. The quantitative estimate of drug-likeness (QED) is 0.100. The number of carbonyl (C=O) groups excluding carboxylic acids is 4. The van der Waals surface area contributed by atoms with Crippen LogP contribution in [-0.4, -0.2) is 82.4 Å². The summed E-state index contributed by atoms with van der Waals surface area (Å²) in [5, 5.41) is 18.6. The summed E-state index contributed by atoms with van der Waals surface area (Å²) in [4.78, 5) is 65.4. The Morgan fingerprint density at radius 2 is 1.56 bits per heavy atom. The molecule has 0 radical (unpaired) electrons. The molecule has 0 saturated heterocycles. The number of aromatic amines is 1. The number of carbonyl (C=O) groups is 5. The number of carboxylic acid groups (broad SMARTS) is 1. The first-order valence-corrected chi connectivity index (χ1v) is 14.9. The van der Waals surface area contributed by atoms with Crippen LogP contribution in [-0.2, 0) is 30.4 Å². The molecule has 0 fully saturated rings. The summed E-state index contributed by atoms with van der Waals surface area (Å²) >= 11 is 1.46.